The smallest absolute Gasteiger partial charge is 0.325 e. The first-order valence-corrected chi connectivity index (χ1v) is 8.71. The summed E-state index contributed by atoms with van der Waals surface area (Å²) in [5, 5.41) is 22.1. The monoisotopic (exact) mass is 361 g/mol. The number of aryl methyl sites for hydroxylation is 2. The highest BCUT2D eigenvalue weighted by Crippen LogP contribution is 2.36. The summed E-state index contributed by atoms with van der Waals surface area (Å²) in [6.45, 7) is 6.85. The van der Waals surface area contributed by atoms with E-state index in [1.807, 2.05) is 20.8 Å². The fourth-order valence-corrected chi connectivity index (χ4v) is 3.77. The number of aromatic hydroxyl groups is 1. The van der Waals surface area contributed by atoms with Gasteiger partial charge in [-0.3, -0.25) is 18.9 Å². The Labute approximate surface area is 150 Å². The van der Waals surface area contributed by atoms with E-state index in [-0.39, 0.29) is 11.8 Å². The molecule has 0 fully saturated rings. The van der Waals surface area contributed by atoms with E-state index in [1.165, 1.54) is 11.6 Å². The molecule has 26 heavy (non-hydrogen) atoms. The zero-order valence-electron chi connectivity index (χ0n) is 15.3. The second kappa shape index (κ2) is 6.19. The summed E-state index contributed by atoms with van der Waals surface area (Å²) in [6.07, 6.45) is 2.59. The number of aromatic nitrogens is 2. The van der Waals surface area contributed by atoms with Gasteiger partial charge in [0.05, 0.1) is 0 Å². The second-order valence-electron chi connectivity index (χ2n) is 7.06. The number of fused-ring (bicyclic) bond motifs is 3. The van der Waals surface area contributed by atoms with Gasteiger partial charge in [-0.2, -0.15) is 0 Å². The molecule has 1 amide bonds. The Morgan fingerprint density at radius 3 is 2.35 bits per heavy atom. The van der Waals surface area contributed by atoms with Crippen molar-refractivity contribution in [3.8, 4) is 5.75 Å². The summed E-state index contributed by atoms with van der Waals surface area (Å²) >= 11 is 0. The molecule has 0 saturated heterocycles. The van der Waals surface area contributed by atoms with Gasteiger partial charge in [-0.1, -0.05) is 0 Å². The van der Waals surface area contributed by atoms with Gasteiger partial charge in [0.2, 0.25) is 0 Å². The molecule has 1 unspecified atom stereocenters. The molecule has 1 aliphatic rings. The average Bonchev–Trinajstić information content (AvgIpc) is 3.10. The maximum absolute atomic E-state index is 13.0. The van der Waals surface area contributed by atoms with E-state index in [4.69, 9.17) is 5.11 Å². The first-order chi connectivity index (χ1) is 12.2. The summed E-state index contributed by atoms with van der Waals surface area (Å²) in [4.78, 5) is 36.6. The van der Waals surface area contributed by atoms with Crippen LogP contribution in [0.4, 0.5) is 0 Å². The molecule has 3 N–H and O–H groups in total. The number of hydrogen-bond acceptors (Lipinski definition) is 4. The highest BCUT2D eigenvalue weighted by atomic mass is 16.4. The SMILES string of the molecule is Cc1c2c(c3c(O)c(C(=O)NC(C)C(=O)O)c(=O)n(C(C)C)n13)CCC2. The van der Waals surface area contributed by atoms with Crippen molar-refractivity contribution < 1.29 is 19.8 Å². The van der Waals surface area contributed by atoms with Gasteiger partial charge in [-0.05, 0) is 58.1 Å². The van der Waals surface area contributed by atoms with Gasteiger partial charge in [-0.25, -0.2) is 4.68 Å². The van der Waals surface area contributed by atoms with E-state index < -0.39 is 29.0 Å². The van der Waals surface area contributed by atoms with Crippen molar-refractivity contribution in [3.05, 3.63) is 32.7 Å². The highest BCUT2D eigenvalue weighted by Gasteiger charge is 2.31. The molecule has 8 nitrogen and oxygen atoms in total. The van der Waals surface area contributed by atoms with E-state index in [1.54, 1.807) is 4.52 Å². The predicted octanol–water partition coefficient (Wildman–Crippen LogP) is 1.39. The summed E-state index contributed by atoms with van der Waals surface area (Å²) < 4.78 is 3.15. The Bertz CT molecular complexity index is 983. The van der Waals surface area contributed by atoms with Crippen LogP contribution < -0.4 is 10.9 Å². The average molecular weight is 361 g/mol. The van der Waals surface area contributed by atoms with Crippen molar-refractivity contribution in [1.82, 2.24) is 14.5 Å². The zero-order chi connectivity index (χ0) is 19.3. The Morgan fingerprint density at radius 1 is 1.15 bits per heavy atom. The van der Waals surface area contributed by atoms with Gasteiger partial charge in [0, 0.05) is 11.7 Å². The van der Waals surface area contributed by atoms with E-state index in [0.717, 1.165) is 36.1 Å². The first kappa shape index (κ1) is 18.0. The number of hydrogen-bond donors (Lipinski definition) is 3. The summed E-state index contributed by atoms with van der Waals surface area (Å²) in [7, 11) is 0. The van der Waals surface area contributed by atoms with Crippen molar-refractivity contribution in [2.75, 3.05) is 0 Å². The quantitative estimate of drug-likeness (QED) is 0.762. The number of carbonyl (C=O) groups excluding carboxylic acids is 1. The van der Waals surface area contributed by atoms with Crippen molar-refractivity contribution in [2.45, 2.75) is 59.0 Å². The van der Waals surface area contributed by atoms with Crippen LogP contribution in [-0.2, 0) is 17.6 Å². The van der Waals surface area contributed by atoms with Crippen LogP contribution in [0, 0.1) is 6.92 Å². The van der Waals surface area contributed by atoms with Gasteiger partial charge < -0.3 is 15.5 Å². The number of carboxylic acids is 1. The Kier molecular flexibility index (Phi) is 4.29. The molecular formula is C18H23N3O5. The first-order valence-electron chi connectivity index (χ1n) is 8.71. The van der Waals surface area contributed by atoms with Gasteiger partial charge >= 0.3 is 5.97 Å². The number of nitrogens with one attached hydrogen (secondary N) is 1. The van der Waals surface area contributed by atoms with Crippen molar-refractivity contribution >= 4 is 17.4 Å². The third kappa shape index (κ3) is 2.48. The van der Waals surface area contributed by atoms with E-state index in [9.17, 15) is 19.5 Å². The maximum Gasteiger partial charge on any atom is 0.325 e. The van der Waals surface area contributed by atoms with Crippen LogP contribution in [0.15, 0.2) is 4.79 Å². The molecule has 2 heterocycles. The zero-order valence-corrected chi connectivity index (χ0v) is 15.3. The molecule has 2 aromatic rings. The molecule has 0 aliphatic heterocycles. The lowest BCUT2D eigenvalue weighted by atomic mass is 10.1. The van der Waals surface area contributed by atoms with Gasteiger partial charge in [-0.15, -0.1) is 0 Å². The molecule has 140 valence electrons. The molecule has 0 radical (unpaired) electrons. The minimum Gasteiger partial charge on any atom is -0.505 e. The summed E-state index contributed by atoms with van der Waals surface area (Å²) in [6, 6.07) is -1.43. The Hall–Kier alpha value is -2.77. The van der Waals surface area contributed by atoms with Gasteiger partial charge in [0.25, 0.3) is 11.5 Å². The molecular weight excluding hydrogens is 338 g/mol. The minimum absolute atomic E-state index is 0.250. The number of nitrogens with zero attached hydrogens (tertiary/aromatic N) is 2. The van der Waals surface area contributed by atoms with Crippen LogP contribution in [0.3, 0.4) is 0 Å². The van der Waals surface area contributed by atoms with Crippen LogP contribution in [0.5, 0.6) is 5.75 Å². The second-order valence-corrected chi connectivity index (χ2v) is 7.06. The fraction of sp³-hybridized carbons (Fsp3) is 0.500. The van der Waals surface area contributed by atoms with E-state index >= 15 is 0 Å². The minimum atomic E-state index is -1.22. The molecule has 2 aromatic heterocycles. The largest absolute Gasteiger partial charge is 0.505 e. The molecule has 1 aliphatic carbocycles. The van der Waals surface area contributed by atoms with Crippen molar-refractivity contribution in [1.29, 1.82) is 0 Å². The van der Waals surface area contributed by atoms with Crippen LogP contribution >= 0.6 is 0 Å². The molecule has 8 heteroatoms. The standard InChI is InChI=1S/C18H23N3O5/c1-8(2)20-17(24)13(16(23)19-9(3)18(25)26)15(22)14-12-7-5-6-11(12)10(4)21(14)20/h8-9,22H,5-7H2,1-4H3,(H,19,23)(H,25,26). The maximum atomic E-state index is 13.0. The molecule has 0 bridgehead atoms. The van der Waals surface area contributed by atoms with Crippen molar-refractivity contribution in [3.63, 3.8) is 0 Å². The Morgan fingerprint density at radius 2 is 1.77 bits per heavy atom. The summed E-state index contributed by atoms with van der Waals surface area (Å²) in [5.41, 5.74) is 2.36. The number of carboxylic acid groups (broad SMARTS) is 1. The van der Waals surface area contributed by atoms with Crippen LogP contribution in [0.25, 0.3) is 5.52 Å². The number of amides is 1. The molecule has 1 atom stereocenters. The lowest BCUT2D eigenvalue weighted by molar-refractivity contribution is -0.138. The van der Waals surface area contributed by atoms with Crippen molar-refractivity contribution in [2.24, 2.45) is 0 Å². The van der Waals surface area contributed by atoms with Crippen LogP contribution in [0.2, 0.25) is 0 Å². The van der Waals surface area contributed by atoms with Gasteiger partial charge in [0.15, 0.2) is 5.75 Å². The van der Waals surface area contributed by atoms with Crippen LogP contribution in [0.1, 0.15) is 60.4 Å². The lowest BCUT2D eigenvalue weighted by Gasteiger charge is -2.19. The fourth-order valence-electron chi connectivity index (χ4n) is 3.77. The van der Waals surface area contributed by atoms with E-state index in [2.05, 4.69) is 5.32 Å². The Balaban J connectivity index is 2.33. The molecule has 3 rings (SSSR count). The normalized spacial score (nSPS) is 14.7. The third-order valence-corrected chi connectivity index (χ3v) is 5.00. The van der Waals surface area contributed by atoms with Crippen LogP contribution in [-0.4, -0.2) is 37.3 Å². The third-order valence-electron chi connectivity index (χ3n) is 5.00. The predicted molar refractivity (Wildman–Crippen MR) is 95.0 cm³/mol. The molecule has 0 aromatic carbocycles. The topological polar surface area (TPSA) is 113 Å². The number of carbonyl (C=O) groups is 2. The lowest BCUT2D eigenvalue weighted by Crippen LogP contribution is -2.42. The number of rotatable bonds is 4. The highest BCUT2D eigenvalue weighted by molar-refractivity contribution is 6.00. The summed E-state index contributed by atoms with van der Waals surface area (Å²) in [5.74, 6) is -2.49. The van der Waals surface area contributed by atoms with Gasteiger partial charge in [0.1, 0.15) is 17.1 Å². The molecule has 0 saturated carbocycles. The van der Waals surface area contributed by atoms with E-state index in [0.29, 0.717) is 5.52 Å². The molecule has 0 spiro atoms. The number of aliphatic carboxylic acids is 1.